The summed E-state index contributed by atoms with van der Waals surface area (Å²) in [4.78, 5) is 56.4. The quantitative estimate of drug-likeness (QED) is 0.338. The van der Waals surface area contributed by atoms with Crippen molar-refractivity contribution < 1.29 is 28.7 Å². The average molecular weight is 529 g/mol. The van der Waals surface area contributed by atoms with E-state index in [0.29, 0.717) is 11.3 Å². The molecule has 2 heterocycles. The topological polar surface area (TPSA) is 127 Å². The standard InChI is InChI=1S/C24H21ClN4O6S/c1-34-18-9-8-14(11-15(18)25)19-21(31)29(24(33)27-19)17(10-13-6-4-3-5-7-13)20(30)28-23-26-16(12-36-23)22(32)35-2/h3-9,11-12,17,19H,10H2,1-2H3,(H,27,33)(H,26,28,30)/t17-,19+/m0/s1. The number of halogens is 1. The van der Waals surface area contributed by atoms with Crippen molar-refractivity contribution >= 4 is 51.9 Å². The number of rotatable bonds is 8. The van der Waals surface area contributed by atoms with Gasteiger partial charge in [-0.15, -0.1) is 11.3 Å². The minimum absolute atomic E-state index is 0.0313. The fraction of sp³-hybridized carbons (Fsp3) is 0.208. The molecule has 36 heavy (non-hydrogen) atoms. The molecule has 1 saturated heterocycles. The number of carbonyl (C=O) groups excluding carboxylic acids is 4. The van der Waals surface area contributed by atoms with Crippen LogP contribution in [0.15, 0.2) is 53.9 Å². The number of aromatic nitrogens is 1. The van der Waals surface area contributed by atoms with Gasteiger partial charge >= 0.3 is 12.0 Å². The first-order chi connectivity index (χ1) is 17.3. The summed E-state index contributed by atoms with van der Waals surface area (Å²) in [5.41, 5.74) is 1.22. The van der Waals surface area contributed by atoms with E-state index in [1.54, 1.807) is 36.4 Å². The minimum atomic E-state index is -1.19. The molecule has 186 valence electrons. The summed E-state index contributed by atoms with van der Waals surface area (Å²) >= 11 is 7.23. The number of urea groups is 1. The molecule has 0 spiro atoms. The molecule has 4 rings (SSSR count). The molecule has 1 aliphatic rings. The molecule has 3 aromatic rings. The summed E-state index contributed by atoms with van der Waals surface area (Å²) in [5.74, 6) is -1.47. The van der Waals surface area contributed by atoms with Gasteiger partial charge in [-0.25, -0.2) is 19.5 Å². The summed E-state index contributed by atoms with van der Waals surface area (Å²) in [5, 5.41) is 7.08. The van der Waals surface area contributed by atoms with E-state index in [1.807, 2.05) is 6.07 Å². The molecule has 12 heteroatoms. The van der Waals surface area contributed by atoms with Crippen molar-refractivity contribution in [2.45, 2.75) is 18.5 Å². The molecule has 0 unspecified atom stereocenters. The number of hydrogen-bond acceptors (Lipinski definition) is 8. The van der Waals surface area contributed by atoms with Gasteiger partial charge in [-0.1, -0.05) is 48.0 Å². The molecule has 1 fully saturated rings. The number of benzene rings is 2. The van der Waals surface area contributed by atoms with Gasteiger partial charge in [0.1, 0.15) is 17.8 Å². The second-order valence-electron chi connectivity index (χ2n) is 7.71. The molecule has 0 saturated carbocycles. The number of methoxy groups -OCH3 is 2. The Bertz CT molecular complexity index is 1310. The van der Waals surface area contributed by atoms with Crippen molar-refractivity contribution in [3.8, 4) is 5.75 Å². The lowest BCUT2D eigenvalue weighted by Crippen LogP contribution is -2.49. The molecule has 10 nitrogen and oxygen atoms in total. The highest BCUT2D eigenvalue weighted by molar-refractivity contribution is 7.14. The minimum Gasteiger partial charge on any atom is -0.495 e. The Morgan fingerprint density at radius 2 is 1.94 bits per heavy atom. The molecule has 0 radical (unpaired) electrons. The van der Waals surface area contributed by atoms with Crippen LogP contribution in [0.1, 0.15) is 27.7 Å². The summed E-state index contributed by atoms with van der Waals surface area (Å²) in [6.07, 6.45) is 0.0666. The number of ether oxygens (including phenoxy) is 2. The highest BCUT2D eigenvalue weighted by atomic mass is 35.5. The van der Waals surface area contributed by atoms with Crippen LogP contribution in [0.2, 0.25) is 5.02 Å². The van der Waals surface area contributed by atoms with Crippen molar-refractivity contribution in [1.82, 2.24) is 15.2 Å². The monoisotopic (exact) mass is 528 g/mol. The van der Waals surface area contributed by atoms with Crippen molar-refractivity contribution in [3.05, 3.63) is 75.8 Å². The maximum atomic E-state index is 13.4. The second kappa shape index (κ2) is 10.8. The van der Waals surface area contributed by atoms with Gasteiger partial charge in [-0.3, -0.25) is 9.59 Å². The Kier molecular flexibility index (Phi) is 7.51. The summed E-state index contributed by atoms with van der Waals surface area (Å²) in [6, 6.07) is 10.8. The Morgan fingerprint density at radius 1 is 1.19 bits per heavy atom. The predicted octanol–water partition coefficient (Wildman–Crippen LogP) is 3.43. The first kappa shape index (κ1) is 25.1. The number of nitrogens with zero attached hydrogens (tertiary/aromatic N) is 2. The van der Waals surface area contributed by atoms with Crippen molar-refractivity contribution in [2.75, 3.05) is 19.5 Å². The van der Waals surface area contributed by atoms with Gasteiger partial charge in [-0.05, 0) is 23.3 Å². The fourth-order valence-corrected chi connectivity index (χ4v) is 4.68. The molecule has 1 aliphatic heterocycles. The molecular weight excluding hydrogens is 508 g/mol. The van der Waals surface area contributed by atoms with E-state index in [-0.39, 0.29) is 22.3 Å². The largest absolute Gasteiger partial charge is 0.495 e. The Labute approximate surface area is 215 Å². The van der Waals surface area contributed by atoms with Gasteiger partial charge in [0.2, 0.25) is 5.91 Å². The lowest BCUT2D eigenvalue weighted by Gasteiger charge is -2.24. The predicted molar refractivity (Wildman–Crippen MR) is 132 cm³/mol. The van der Waals surface area contributed by atoms with Crippen LogP contribution in [0.4, 0.5) is 9.93 Å². The lowest BCUT2D eigenvalue weighted by atomic mass is 10.0. The molecule has 4 amide bonds. The third kappa shape index (κ3) is 5.16. The van der Waals surface area contributed by atoms with Gasteiger partial charge in [0.05, 0.1) is 19.2 Å². The normalized spacial score (nSPS) is 15.9. The summed E-state index contributed by atoms with van der Waals surface area (Å²) in [6.45, 7) is 0. The zero-order valence-electron chi connectivity index (χ0n) is 19.2. The SMILES string of the molecule is COC(=O)c1csc(NC(=O)[C@H](Cc2ccccc2)N2C(=O)N[C@H](c3ccc(OC)c(Cl)c3)C2=O)n1. The maximum absolute atomic E-state index is 13.4. The molecular formula is C24H21ClN4O6S. The smallest absolute Gasteiger partial charge is 0.357 e. The van der Waals surface area contributed by atoms with Crippen LogP contribution in [0, 0.1) is 0 Å². The van der Waals surface area contributed by atoms with Gasteiger partial charge in [0.25, 0.3) is 5.91 Å². The van der Waals surface area contributed by atoms with E-state index in [4.69, 9.17) is 16.3 Å². The Hall–Kier alpha value is -3.96. The van der Waals surface area contributed by atoms with Crippen LogP contribution in [-0.2, 0) is 20.7 Å². The van der Waals surface area contributed by atoms with Gasteiger partial charge in [0.15, 0.2) is 10.8 Å². The molecule has 2 atom stereocenters. The highest BCUT2D eigenvalue weighted by Gasteiger charge is 2.45. The number of nitrogens with one attached hydrogen (secondary N) is 2. The highest BCUT2D eigenvalue weighted by Crippen LogP contribution is 2.31. The number of esters is 1. The van der Waals surface area contributed by atoms with E-state index in [9.17, 15) is 19.2 Å². The van der Waals surface area contributed by atoms with Crippen LogP contribution in [0.3, 0.4) is 0 Å². The molecule has 1 aromatic heterocycles. The van der Waals surface area contributed by atoms with Crippen LogP contribution < -0.4 is 15.4 Å². The number of hydrogen-bond donors (Lipinski definition) is 2. The number of thiazole rings is 1. The van der Waals surface area contributed by atoms with Crippen LogP contribution >= 0.6 is 22.9 Å². The van der Waals surface area contributed by atoms with Crippen LogP contribution in [0.5, 0.6) is 5.75 Å². The van der Waals surface area contributed by atoms with E-state index in [1.165, 1.54) is 25.7 Å². The number of amides is 4. The average Bonchev–Trinajstić information content (AvgIpc) is 3.46. The first-order valence-electron chi connectivity index (χ1n) is 10.7. The Morgan fingerprint density at radius 3 is 2.61 bits per heavy atom. The van der Waals surface area contributed by atoms with Gasteiger partial charge in [-0.2, -0.15) is 0 Å². The zero-order chi connectivity index (χ0) is 25.8. The Balaban J connectivity index is 1.62. The van der Waals surface area contributed by atoms with Crippen molar-refractivity contribution in [3.63, 3.8) is 0 Å². The van der Waals surface area contributed by atoms with Crippen molar-refractivity contribution in [2.24, 2.45) is 0 Å². The summed E-state index contributed by atoms with van der Waals surface area (Å²) < 4.78 is 9.78. The van der Waals surface area contributed by atoms with E-state index >= 15 is 0 Å². The molecule has 0 aliphatic carbocycles. The lowest BCUT2D eigenvalue weighted by molar-refractivity contribution is -0.134. The van der Waals surface area contributed by atoms with Crippen molar-refractivity contribution in [1.29, 1.82) is 0 Å². The third-order valence-corrected chi connectivity index (χ3v) is 6.55. The van der Waals surface area contributed by atoms with E-state index in [0.717, 1.165) is 21.8 Å². The summed E-state index contributed by atoms with van der Waals surface area (Å²) in [7, 11) is 2.69. The molecule has 2 N–H and O–H groups in total. The zero-order valence-corrected chi connectivity index (χ0v) is 20.8. The first-order valence-corrected chi connectivity index (χ1v) is 11.9. The number of carbonyl (C=O) groups is 4. The molecule has 2 aromatic carbocycles. The van der Waals surface area contributed by atoms with E-state index < -0.39 is 35.9 Å². The molecule has 0 bridgehead atoms. The fourth-order valence-electron chi connectivity index (χ4n) is 3.73. The van der Waals surface area contributed by atoms with Gasteiger partial charge < -0.3 is 20.1 Å². The van der Waals surface area contributed by atoms with Crippen LogP contribution in [0.25, 0.3) is 0 Å². The number of anilines is 1. The van der Waals surface area contributed by atoms with Gasteiger partial charge in [0, 0.05) is 11.8 Å². The third-order valence-electron chi connectivity index (χ3n) is 5.50. The second-order valence-corrected chi connectivity index (χ2v) is 8.97. The maximum Gasteiger partial charge on any atom is 0.357 e. The number of imide groups is 1. The van der Waals surface area contributed by atoms with E-state index in [2.05, 4.69) is 20.4 Å². The van der Waals surface area contributed by atoms with Crippen LogP contribution in [-0.4, -0.2) is 54.0 Å².